The van der Waals surface area contributed by atoms with Crippen LogP contribution in [0.1, 0.15) is 12.8 Å². The molecule has 0 saturated carbocycles. The topological polar surface area (TPSA) is 61.8 Å². The second-order valence-corrected chi connectivity index (χ2v) is 4.79. The van der Waals surface area contributed by atoms with Crippen LogP contribution in [0.15, 0.2) is 0 Å². The van der Waals surface area contributed by atoms with Gasteiger partial charge in [0.05, 0.1) is 12.7 Å². The van der Waals surface area contributed by atoms with Gasteiger partial charge in [-0.05, 0) is 6.42 Å². The summed E-state index contributed by atoms with van der Waals surface area (Å²) in [7, 11) is -4.14. The Hall–Kier alpha value is -0.380. The monoisotopic (exact) mass is 264 g/mol. The number of hydrogen-bond acceptors (Lipinski definition) is 5. The highest BCUT2D eigenvalue weighted by Crippen LogP contribution is 2.26. The van der Waals surface area contributed by atoms with Crippen LogP contribution in [-0.4, -0.2) is 40.0 Å². The van der Waals surface area contributed by atoms with Crippen LogP contribution in [0.5, 0.6) is 0 Å². The van der Waals surface area contributed by atoms with Crippen LogP contribution < -0.4 is 0 Å². The van der Waals surface area contributed by atoms with Crippen LogP contribution in [0.25, 0.3) is 0 Å². The van der Waals surface area contributed by atoms with E-state index in [-0.39, 0.29) is 0 Å². The third kappa shape index (κ3) is 3.30. The molecule has 9 heteroatoms. The summed E-state index contributed by atoms with van der Waals surface area (Å²) in [6.45, 7) is -0.651. The molecule has 1 aliphatic heterocycles. The van der Waals surface area contributed by atoms with Crippen molar-refractivity contribution in [3.8, 4) is 0 Å². The molecule has 2 atom stereocenters. The Labute approximate surface area is 90.6 Å². The predicted molar refractivity (Wildman–Crippen MR) is 45.8 cm³/mol. The summed E-state index contributed by atoms with van der Waals surface area (Å²) in [5.41, 5.74) is -5.40. The highest BCUT2D eigenvalue weighted by molar-refractivity contribution is 7.87. The van der Waals surface area contributed by atoms with Crippen molar-refractivity contribution in [3.63, 3.8) is 0 Å². The average molecular weight is 264 g/mol. The highest BCUT2D eigenvalue weighted by atomic mass is 32.2. The molecule has 0 aliphatic carbocycles. The van der Waals surface area contributed by atoms with Crippen LogP contribution in [-0.2, 0) is 23.8 Å². The van der Waals surface area contributed by atoms with Crippen molar-refractivity contribution in [1.29, 1.82) is 0 Å². The van der Waals surface area contributed by atoms with Crippen molar-refractivity contribution >= 4 is 10.1 Å². The van der Waals surface area contributed by atoms with Crippen LogP contribution in [0.2, 0.25) is 0 Å². The third-order valence-corrected chi connectivity index (χ3v) is 3.04. The number of halogens is 3. The van der Waals surface area contributed by atoms with E-state index < -0.39 is 34.6 Å². The van der Waals surface area contributed by atoms with Crippen molar-refractivity contribution in [3.05, 3.63) is 0 Å². The summed E-state index contributed by atoms with van der Waals surface area (Å²) in [5.74, 6) is 0. The van der Waals surface area contributed by atoms with E-state index >= 15 is 0 Å². The number of alkyl halides is 3. The second-order valence-electron chi connectivity index (χ2n) is 3.19. The normalized spacial score (nSPS) is 27.2. The minimum atomic E-state index is -5.53. The first-order valence-corrected chi connectivity index (χ1v) is 5.81. The molecule has 5 nitrogen and oxygen atoms in total. The van der Waals surface area contributed by atoms with Crippen LogP contribution in [0.4, 0.5) is 13.2 Å². The molecule has 0 bridgehead atoms. The van der Waals surface area contributed by atoms with Gasteiger partial charge >= 0.3 is 15.6 Å². The maximum atomic E-state index is 11.9. The van der Waals surface area contributed by atoms with Gasteiger partial charge in [0.1, 0.15) is 0 Å². The molecule has 96 valence electrons. The summed E-state index contributed by atoms with van der Waals surface area (Å²) < 4.78 is 70.3. The van der Waals surface area contributed by atoms with E-state index in [4.69, 9.17) is 9.47 Å². The summed E-state index contributed by atoms with van der Waals surface area (Å²) in [4.78, 5) is 0. The molecule has 0 spiro atoms. The van der Waals surface area contributed by atoms with Crippen molar-refractivity contribution in [2.24, 2.45) is 0 Å². The number of rotatable bonds is 4. The molecular formula is C7H11F3O5S. The standard InChI is InChI=1S/C7H11F3O5S/c1-13-6-3-2-5(15-6)4-14-16(11,12)7(8,9)10/h5-6H,2-4H2,1H3/t5-,6+/m0/s1. The van der Waals surface area contributed by atoms with Crippen LogP contribution in [0.3, 0.4) is 0 Å². The molecule has 1 fully saturated rings. The van der Waals surface area contributed by atoms with E-state index in [2.05, 4.69) is 4.18 Å². The maximum absolute atomic E-state index is 11.9. The number of hydrogen-bond donors (Lipinski definition) is 0. The quantitative estimate of drug-likeness (QED) is 0.560. The molecule has 16 heavy (non-hydrogen) atoms. The van der Waals surface area contributed by atoms with Crippen LogP contribution >= 0.6 is 0 Å². The third-order valence-electron chi connectivity index (χ3n) is 2.02. The van der Waals surface area contributed by atoms with Crippen molar-refractivity contribution < 1.29 is 35.2 Å². The fraction of sp³-hybridized carbons (Fsp3) is 1.00. The molecule has 1 aliphatic rings. The molecular weight excluding hydrogens is 253 g/mol. The fourth-order valence-corrected chi connectivity index (χ4v) is 1.67. The molecule has 0 aromatic heterocycles. The van der Waals surface area contributed by atoms with Gasteiger partial charge in [-0.25, -0.2) is 0 Å². The minimum Gasteiger partial charge on any atom is -0.356 e. The summed E-state index contributed by atoms with van der Waals surface area (Å²) >= 11 is 0. The molecule has 0 unspecified atom stereocenters. The SMILES string of the molecule is CO[C@H]1CC[C@@H](COS(=O)(=O)C(F)(F)F)O1. The van der Waals surface area contributed by atoms with Gasteiger partial charge in [-0.2, -0.15) is 21.6 Å². The first-order chi connectivity index (χ1) is 7.26. The lowest BCUT2D eigenvalue weighted by Crippen LogP contribution is -2.29. The average Bonchev–Trinajstić information content (AvgIpc) is 2.60. The Kier molecular flexibility index (Phi) is 4.16. The highest BCUT2D eigenvalue weighted by Gasteiger charge is 2.47. The van der Waals surface area contributed by atoms with Crippen LogP contribution in [0, 0.1) is 0 Å². The lowest BCUT2D eigenvalue weighted by atomic mass is 10.2. The van der Waals surface area contributed by atoms with Gasteiger partial charge in [0.2, 0.25) is 0 Å². The van der Waals surface area contributed by atoms with Gasteiger partial charge in [0.15, 0.2) is 6.29 Å². The second kappa shape index (κ2) is 4.86. The van der Waals surface area contributed by atoms with E-state index in [0.29, 0.717) is 12.8 Å². The van der Waals surface area contributed by atoms with Crippen molar-refractivity contribution in [1.82, 2.24) is 0 Å². The molecule has 0 radical (unpaired) electrons. The zero-order valence-corrected chi connectivity index (χ0v) is 9.18. The van der Waals surface area contributed by atoms with E-state index in [0.717, 1.165) is 0 Å². The Balaban J connectivity index is 2.42. The Bertz CT molecular complexity index is 325. The predicted octanol–water partition coefficient (Wildman–Crippen LogP) is 1.00. The van der Waals surface area contributed by atoms with Crippen molar-refractivity contribution in [2.75, 3.05) is 13.7 Å². The molecule has 0 aromatic carbocycles. The number of methoxy groups -OCH3 is 1. The summed E-state index contributed by atoms with van der Waals surface area (Å²) in [6, 6.07) is 0. The largest absolute Gasteiger partial charge is 0.523 e. The first-order valence-electron chi connectivity index (χ1n) is 4.40. The molecule has 1 saturated heterocycles. The minimum absolute atomic E-state index is 0.395. The van der Waals surface area contributed by atoms with Gasteiger partial charge in [-0.3, -0.25) is 4.18 Å². The smallest absolute Gasteiger partial charge is 0.356 e. The Morgan fingerprint density at radius 2 is 2.00 bits per heavy atom. The van der Waals surface area contributed by atoms with Crippen molar-refractivity contribution in [2.45, 2.75) is 30.7 Å². The molecule has 1 heterocycles. The van der Waals surface area contributed by atoms with E-state index in [1.54, 1.807) is 0 Å². The molecule has 0 amide bonds. The Morgan fingerprint density at radius 1 is 1.38 bits per heavy atom. The lowest BCUT2D eigenvalue weighted by Gasteiger charge is -2.13. The van der Waals surface area contributed by atoms with Gasteiger partial charge in [-0.1, -0.05) is 0 Å². The molecule has 1 rings (SSSR count). The fourth-order valence-electron chi connectivity index (χ4n) is 1.20. The first kappa shape index (κ1) is 13.7. The zero-order chi connectivity index (χ0) is 12.4. The maximum Gasteiger partial charge on any atom is 0.523 e. The van der Waals surface area contributed by atoms with Gasteiger partial charge in [0.25, 0.3) is 0 Å². The van der Waals surface area contributed by atoms with Gasteiger partial charge in [0, 0.05) is 13.5 Å². The number of ether oxygens (including phenoxy) is 2. The zero-order valence-electron chi connectivity index (χ0n) is 8.36. The molecule has 0 N–H and O–H groups in total. The van der Waals surface area contributed by atoms with E-state index in [1.807, 2.05) is 0 Å². The summed E-state index contributed by atoms with van der Waals surface area (Å²) in [6.07, 6.45) is -0.313. The Morgan fingerprint density at radius 3 is 2.44 bits per heavy atom. The van der Waals surface area contributed by atoms with Gasteiger partial charge in [-0.15, -0.1) is 0 Å². The van der Waals surface area contributed by atoms with E-state index in [1.165, 1.54) is 7.11 Å². The molecule has 0 aromatic rings. The van der Waals surface area contributed by atoms with E-state index in [9.17, 15) is 21.6 Å². The lowest BCUT2D eigenvalue weighted by molar-refractivity contribution is -0.122. The van der Waals surface area contributed by atoms with Gasteiger partial charge < -0.3 is 9.47 Å². The summed E-state index contributed by atoms with van der Waals surface area (Å²) in [5, 5.41) is 0.